The van der Waals surface area contributed by atoms with Gasteiger partial charge in [-0.05, 0) is 6.92 Å². The summed E-state index contributed by atoms with van der Waals surface area (Å²) in [4.78, 5) is 0. The minimum absolute atomic E-state index is 0. The second-order valence-corrected chi connectivity index (χ2v) is 1.92. The summed E-state index contributed by atoms with van der Waals surface area (Å²) >= 11 is -2.03. The molecule has 7 heavy (non-hydrogen) atoms. The molecule has 0 spiro atoms. The van der Waals surface area contributed by atoms with Gasteiger partial charge in [-0.1, -0.05) is 0 Å². The fourth-order valence-electron chi connectivity index (χ4n) is 0. The normalized spacial score (nSPS) is 11.7. The van der Waals surface area contributed by atoms with E-state index < -0.39 is 11.1 Å². The van der Waals surface area contributed by atoms with Crippen LogP contribution in [0.4, 0.5) is 0 Å². The van der Waals surface area contributed by atoms with Crippen molar-refractivity contribution in [2.24, 2.45) is 0 Å². The van der Waals surface area contributed by atoms with E-state index in [2.05, 4.69) is 0 Å². The van der Waals surface area contributed by atoms with Gasteiger partial charge in [0.05, 0.1) is 0 Å². The van der Waals surface area contributed by atoms with Crippen molar-refractivity contribution in [1.82, 2.24) is 0 Å². The molecular weight excluding hydrogens is 125 g/mol. The summed E-state index contributed by atoms with van der Waals surface area (Å²) in [6.07, 6.45) is 0. The molecule has 0 fully saturated rings. The van der Waals surface area contributed by atoms with Crippen LogP contribution in [0.15, 0.2) is 0 Å². The van der Waals surface area contributed by atoms with E-state index in [9.17, 15) is 4.21 Å². The van der Waals surface area contributed by atoms with E-state index in [4.69, 9.17) is 9.96 Å². The van der Waals surface area contributed by atoms with Crippen molar-refractivity contribution in [3.8, 4) is 0 Å². The Hall–Kier alpha value is 0.780. The van der Waals surface area contributed by atoms with Gasteiger partial charge in [-0.15, -0.1) is 0 Å². The average Bonchev–Trinajstić information content (AvgIpc) is 1.36. The first kappa shape index (κ1) is 10.7. The van der Waals surface area contributed by atoms with Crippen molar-refractivity contribution in [1.29, 1.82) is 5.41 Å². The summed E-state index contributed by atoms with van der Waals surface area (Å²) in [5.74, 6) is 0. The van der Waals surface area contributed by atoms with Gasteiger partial charge >= 0.3 is 29.6 Å². The van der Waals surface area contributed by atoms with E-state index in [0.29, 0.717) is 0 Å². The summed E-state index contributed by atoms with van der Waals surface area (Å²) in [5.41, 5.74) is 0. The molecular formula is C2H6NNaO2S. The third-order valence-electron chi connectivity index (χ3n) is 0.262. The van der Waals surface area contributed by atoms with E-state index in [1.54, 1.807) is 0 Å². The van der Waals surface area contributed by atoms with Crippen LogP contribution in [0.3, 0.4) is 0 Å². The molecule has 1 atom stereocenters. The molecule has 0 aromatic rings. The van der Waals surface area contributed by atoms with Crippen LogP contribution in [0.25, 0.3) is 0 Å². The van der Waals surface area contributed by atoms with Gasteiger partial charge in [0.25, 0.3) is 0 Å². The Morgan fingerprint density at radius 1 is 1.86 bits per heavy atom. The molecule has 0 heterocycles. The van der Waals surface area contributed by atoms with Gasteiger partial charge < -0.3 is 4.55 Å². The zero-order chi connectivity index (χ0) is 5.15. The summed E-state index contributed by atoms with van der Waals surface area (Å²) in [5, 5.41) is 6.19. The molecule has 0 bridgehead atoms. The Morgan fingerprint density at radius 3 is 2.00 bits per heavy atom. The van der Waals surface area contributed by atoms with Crippen molar-refractivity contribution in [2.75, 3.05) is 0 Å². The molecule has 0 saturated heterocycles. The molecule has 0 rings (SSSR count). The van der Waals surface area contributed by atoms with E-state index in [-0.39, 0.29) is 34.6 Å². The first-order chi connectivity index (χ1) is 2.64. The van der Waals surface area contributed by atoms with E-state index in [1.165, 1.54) is 6.92 Å². The summed E-state index contributed by atoms with van der Waals surface area (Å²) in [7, 11) is 0. The maximum atomic E-state index is 9.59. The van der Waals surface area contributed by atoms with Crippen molar-refractivity contribution in [3.63, 3.8) is 0 Å². The third-order valence-corrected chi connectivity index (χ3v) is 0.786. The number of rotatable bonds is 0. The van der Waals surface area contributed by atoms with Crippen LogP contribution >= 0.6 is 0 Å². The fraction of sp³-hybridized carbons (Fsp3) is 0.500. The topological polar surface area (TPSA) is 61.2 Å². The molecule has 0 aromatic carbocycles. The Kier molecular flexibility index (Phi) is 7.54. The minimum atomic E-state index is -2.03. The van der Waals surface area contributed by atoms with Crippen LogP contribution in [0.2, 0.25) is 0 Å². The van der Waals surface area contributed by atoms with Gasteiger partial charge in [0.1, 0.15) is 5.04 Å². The first-order valence-electron chi connectivity index (χ1n) is 1.30. The SMILES string of the molecule is CC(=N)S(=O)O.[NaH]. The molecule has 0 amide bonds. The molecule has 0 aliphatic rings. The molecule has 0 aliphatic heterocycles. The summed E-state index contributed by atoms with van der Waals surface area (Å²) in [6, 6.07) is 0. The molecule has 2 N–H and O–H groups in total. The number of hydrogen-bond acceptors (Lipinski definition) is 2. The average molecular weight is 131 g/mol. The Balaban J connectivity index is 0. The molecule has 3 nitrogen and oxygen atoms in total. The summed E-state index contributed by atoms with van der Waals surface area (Å²) < 4.78 is 17.5. The zero-order valence-corrected chi connectivity index (χ0v) is 4.08. The molecule has 0 saturated carbocycles. The van der Waals surface area contributed by atoms with Gasteiger partial charge in [0.2, 0.25) is 0 Å². The quantitative estimate of drug-likeness (QED) is 0.202. The van der Waals surface area contributed by atoms with E-state index >= 15 is 0 Å². The van der Waals surface area contributed by atoms with Crippen molar-refractivity contribution in [2.45, 2.75) is 6.92 Å². The van der Waals surface area contributed by atoms with Crippen molar-refractivity contribution in [3.05, 3.63) is 0 Å². The van der Waals surface area contributed by atoms with E-state index in [1.807, 2.05) is 0 Å². The molecule has 38 valence electrons. The van der Waals surface area contributed by atoms with Crippen LogP contribution in [0.5, 0.6) is 0 Å². The second-order valence-electron chi connectivity index (χ2n) is 0.805. The Bertz CT molecular complexity index is 81.7. The van der Waals surface area contributed by atoms with Crippen LogP contribution in [-0.4, -0.2) is 43.4 Å². The zero-order valence-electron chi connectivity index (χ0n) is 3.26. The molecule has 0 aliphatic carbocycles. The molecule has 1 unspecified atom stereocenters. The third kappa shape index (κ3) is 6.78. The number of nitrogens with one attached hydrogen (secondary N) is 1. The van der Waals surface area contributed by atoms with Crippen molar-refractivity contribution >= 4 is 45.7 Å². The second kappa shape index (κ2) is 4.93. The van der Waals surface area contributed by atoms with Crippen LogP contribution in [0, 0.1) is 5.41 Å². The predicted molar refractivity (Wildman–Crippen MR) is 31.3 cm³/mol. The van der Waals surface area contributed by atoms with Crippen LogP contribution < -0.4 is 0 Å². The van der Waals surface area contributed by atoms with Crippen LogP contribution in [-0.2, 0) is 11.1 Å². The predicted octanol–water partition coefficient (Wildman–Crippen LogP) is -0.443. The monoisotopic (exact) mass is 131 g/mol. The van der Waals surface area contributed by atoms with Crippen LogP contribution in [0.1, 0.15) is 6.92 Å². The Morgan fingerprint density at radius 2 is 2.00 bits per heavy atom. The maximum absolute atomic E-state index is 9.59. The first-order valence-corrected chi connectivity index (χ1v) is 2.41. The fourth-order valence-corrected chi connectivity index (χ4v) is 0. The van der Waals surface area contributed by atoms with Gasteiger partial charge in [-0.25, -0.2) is 4.21 Å². The Labute approximate surface area is 66.6 Å². The van der Waals surface area contributed by atoms with E-state index in [0.717, 1.165) is 0 Å². The molecule has 0 radical (unpaired) electrons. The number of hydrogen-bond donors (Lipinski definition) is 2. The van der Waals surface area contributed by atoms with Gasteiger partial charge in [-0.3, -0.25) is 5.41 Å². The molecule has 0 aromatic heterocycles. The van der Waals surface area contributed by atoms with Crippen molar-refractivity contribution < 1.29 is 8.76 Å². The van der Waals surface area contributed by atoms with Gasteiger partial charge in [0.15, 0.2) is 11.1 Å². The standard InChI is InChI=1S/C2H5NO2S.Na.H/c1-2(3)6(4)5;;/h3H,1H3,(H,4,5);;. The summed E-state index contributed by atoms with van der Waals surface area (Å²) in [6.45, 7) is 1.27. The van der Waals surface area contributed by atoms with Gasteiger partial charge in [0, 0.05) is 0 Å². The van der Waals surface area contributed by atoms with Gasteiger partial charge in [-0.2, -0.15) is 0 Å². The molecule has 5 heteroatoms.